The van der Waals surface area contributed by atoms with Crippen LogP contribution in [-0.4, -0.2) is 23.3 Å². The summed E-state index contributed by atoms with van der Waals surface area (Å²) in [6.07, 6.45) is 2.23. The lowest BCUT2D eigenvalue weighted by molar-refractivity contribution is 0.0597. The average molecular weight is 222 g/mol. The van der Waals surface area contributed by atoms with Crippen molar-refractivity contribution < 1.29 is 19.7 Å². The van der Waals surface area contributed by atoms with Crippen LogP contribution in [-0.2, 0) is 17.8 Å². The SMILES string of the molecule is C=CCc1cc(CO)c(O)c(C(=O)OC)c1. The number of ether oxygens (including phenoxy) is 1. The van der Waals surface area contributed by atoms with E-state index in [0.717, 1.165) is 5.56 Å². The van der Waals surface area contributed by atoms with Crippen LogP contribution < -0.4 is 0 Å². The Morgan fingerprint density at radius 2 is 2.25 bits per heavy atom. The van der Waals surface area contributed by atoms with Gasteiger partial charge in [-0.3, -0.25) is 0 Å². The minimum Gasteiger partial charge on any atom is -0.507 e. The van der Waals surface area contributed by atoms with E-state index in [1.165, 1.54) is 13.2 Å². The second-order valence-electron chi connectivity index (χ2n) is 3.29. The van der Waals surface area contributed by atoms with Crippen LogP contribution in [0.5, 0.6) is 5.75 Å². The molecular formula is C12H14O4. The Morgan fingerprint density at radius 3 is 2.75 bits per heavy atom. The van der Waals surface area contributed by atoms with Gasteiger partial charge in [0, 0.05) is 5.56 Å². The Morgan fingerprint density at radius 1 is 1.56 bits per heavy atom. The van der Waals surface area contributed by atoms with Gasteiger partial charge in [0.25, 0.3) is 0 Å². The van der Waals surface area contributed by atoms with Crippen LogP contribution in [0.15, 0.2) is 24.8 Å². The number of benzene rings is 1. The lowest BCUT2D eigenvalue weighted by Gasteiger charge is -2.09. The fraction of sp³-hybridized carbons (Fsp3) is 0.250. The normalized spacial score (nSPS) is 9.88. The molecule has 2 N–H and O–H groups in total. The number of aliphatic hydroxyl groups excluding tert-OH is 1. The van der Waals surface area contributed by atoms with Gasteiger partial charge in [-0.25, -0.2) is 4.79 Å². The molecule has 1 aromatic carbocycles. The molecule has 0 aromatic heterocycles. The highest BCUT2D eigenvalue weighted by Gasteiger charge is 2.15. The van der Waals surface area contributed by atoms with Gasteiger partial charge in [-0.1, -0.05) is 6.08 Å². The van der Waals surface area contributed by atoms with Crippen molar-refractivity contribution in [1.82, 2.24) is 0 Å². The fourth-order valence-corrected chi connectivity index (χ4v) is 1.43. The van der Waals surface area contributed by atoms with Gasteiger partial charge in [0.05, 0.1) is 13.7 Å². The molecule has 0 aliphatic heterocycles. The van der Waals surface area contributed by atoms with Gasteiger partial charge in [0.2, 0.25) is 0 Å². The molecule has 0 atom stereocenters. The number of phenols is 1. The van der Waals surface area contributed by atoms with E-state index in [9.17, 15) is 9.90 Å². The van der Waals surface area contributed by atoms with E-state index in [1.54, 1.807) is 12.1 Å². The summed E-state index contributed by atoms with van der Waals surface area (Å²) in [5.41, 5.74) is 1.16. The highest BCUT2D eigenvalue weighted by atomic mass is 16.5. The van der Waals surface area contributed by atoms with Gasteiger partial charge >= 0.3 is 5.97 Å². The second kappa shape index (κ2) is 5.32. The summed E-state index contributed by atoms with van der Waals surface area (Å²) >= 11 is 0. The smallest absolute Gasteiger partial charge is 0.341 e. The number of hydrogen-bond acceptors (Lipinski definition) is 4. The van der Waals surface area contributed by atoms with Crippen LogP contribution in [0.3, 0.4) is 0 Å². The summed E-state index contributed by atoms with van der Waals surface area (Å²) in [5.74, 6) is -0.861. The topological polar surface area (TPSA) is 66.8 Å². The van der Waals surface area contributed by atoms with E-state index >= 15 is 0 Å². The van der Waals surface area contributed by atoms with Crippen molar-refractivity contribution in [2.45, 2.75) is 13.0 Å². The maximum atomic E-state index is 11.4. The Balaban J connectivity index is 3.29. The number of aliphatic hydroxyl groups is 1. The van der Waals surface area contributed by atoms with Crippen LogP contribution in [0.2, 0.25) is 0 Å². The van der Waals surface area contributed by atoms with Crippen molar-refractivity contribution in [3.63, 3.8) is 0 Å². The van der Waals surface area contributed by atoms with Crippen molar-refractivity contribution in [3.8, 4) is 5.75 Å². The quantitative estimate of drug-likeness (QED) is 0.597. The number of aromatic hydroxyl groups is 1. The second-order valence-corrected chi connectivity index (χ2v) is 3.29. The lowest BCUT2D eigenvalue weighted by Crippen LogP contribution is -2.04. The predicted octanol–water partition coefficient (Wildman–Crippen LogP) is 1.40. The molecule has 0 unspecified atom stereocenters. The lowest BCUT2D eigenvalue weighted by atomic mass is 10.0. The van der Waals surface area contributed by atoms with Crippen molar-refractivity contribution in [2.24, 2.45) is 0 Å². The van der Waals surface area contributed by atoms with Gasteiger partial charge in [0.15, 0.2) is 0 Å². The van der Waals surface area contributed by atoms with Crippen molar-refractivity contribution in [2.75, 3.05) is 7.11 Å². The molecule has 86 valence electrons. The van der Waals surface area contributed by atoms with Crippen LogP contribution in [0.1, 0.15) is 21.5 Å². The number of methoxy groups -OCH3 is 1. The number of carbonyl (C=O) groups excluding carboxylic acids is 1. The van der Waals surface area contributed by atoms with Gasteiger partial charge in [-0.15, -0.1) is 6.58 Å². The number of allylic oxidation sites excluding steroid dienone is 1. The average Bonchev–Trinajstić information content (AvgIpc) is 2.30. The molecule has 4 nitrogen and oxygen atoms in total. The number of esters is 1. The Kier molecular flexibility index (Phi) is 4.08. The fourth-order valence-electron chi connectivity index (χ4n) is 1.43. The van der Waals surface area contributed by atoms with Gasteiger partial charge < -0.3 is 14.9 Å². The summed E-state index contributed by atoms with van der Waals surface area (Å²) in [4.78, 5) is 11.4. The highest BCUT2D eigenvalue weighted by molar-refractivity contribution is 5.93. The highest BCUT2D eigenvalue weighted by Crippen LogP contribution is 2.25. The summed E-state index contributed by atoms with van der Waals surface area (Å²) < 4.78 is 4.54. The van der Waals surface area contributed by atoms with Crippen molar-refractivity contribution in [1.29, 1.82) is 0 Å². The molecular weight excluding hydrogens is 208 g/mol. The third-order valence-corrected chi connectivity index (χ3v) is 2.20. The van der Waals surface area contributed by atoms with Crippen LogP contribution in [0, 0.1) is 0 Å². The molecule has 0 heterocycles. The molecule has 0 aliphatic rings. The minimum absolute atomic E-state index is 0.0610. The molecule has 1 aromatic rings. The monoisotopic (exact) mass is 222 g/mol. The van der Waals surface area contributed by atoms with Gasteiger partial charge in [-0.2, -0.15) is 0 Å². The largest absolute Gasteiger partial charge is 0.507 e. The zero-order valence-corrected chi connectivity index (χ0v) is 9.06. The molecule has 1 rings (SSSR count). The maximum Gasteiger partial charge on any atom is 0.341 e. The summed E-state index contributed by atoms with van der Waals surface area (Å²) in [5, 5.41) is 18.7. The van der Waals surface area contributed by atoms with E-state index in [4.69, 9.17) is 5.11 Å². The van der Waals surface area contributed by atoms with E-state index in [0.29, 0.717) is 12.0 Å². The third-order valence-electron chi connectivity index (χ3n) is 2.20. The summed E-state index contributed by atoms with van der Waals surface area (Å²) in [6, 6.07) is 3.16. The minimum atomic E-state index is -0.627. The van der Waals surface area contributed by atoms with E-state index < -0.39 is 5.97 Å². The Labute approximate surface area is 93.8 Å². The first-order chi connectivity index (χ1) is 7.63. The maximum absolute atomic E-state index is 11.4. The molecule has 0 amide bonds. The molecule has 0 fully saturated rings. The standard InChI is InChI=1S/C12H14O4/c1-3-4-8-5-9(7-13)11(14)10(6-8)12(15)16-2/h3,5-6,13-14H,1,4,7H2,2H3. The summed E-state index contributed by atoms with van der Waals surface area (Å²) in [6.45, 7) is 3.25. The first-order valence-electron chi connectivity index (χ1n) is 4.78. The van der Waals surface area contributed by atoms with E-state index in [-0.39, 0.29) is 17.9 Å². The molecule has 0 aliphatic carbocycles. The van der Waals surface area contributed by atoms with Crippen molar-refractivity contribution >= 4 is 5.97 Å². The third kappa shape index (κ3) is 2.41. The molecule has 16 heavy (non-hydrogen) atoms. The number of rotatable bonds is 4. The Bertz CT molecular complexity index is 410. The Hall–Kier alpha value is -1.81. The predicted molar refractivity (Wildman–Crippen MR) is 59.3 cm³/mol. The summed E-state index contributed by atoms with van der Waals surface area (Å²) in [7, 11) is 1.24. The van der Waals surface area contributed by atoms with E-state index in [1.807, 2.05) is 0 Å². The van der Waals surface area contributed by atoms with Crippen LogP contribution in [0.25, 0.3) is 0 Å². The van der Waals surface area contributed by atoms with E-state index in [2.05, 4.69) is 11.3 Å². The first kappa shape index (κ1) is 12.3. The molecule has 0 saturated carbocycles. The zero-order chi connectivity index (χ0) is 12.1. The van der Waals surface area contributed by atoms with Gasteiger partial charge in [-0.05, 0) is 24.1 Å². The zero-order valence-electron chi connectivity index (χ0n) is 9.06. The molecule has 4 heteroatoms. The van der Waals surface area contributed by atoms with Crippen LogP contribution in [0.4, 0.5) is 0 Å². The molecule has 0 saturated heterocycles. The van der Waals surface area contributed by atoms with Crippen LogP contribution >= 0.6 is 0 Å². The molecule has 0 spiro atoms. The number of carbonyl (C=O) groups is 1. The first-order valence-corrected chi connectivity index (χ1v) is 4.78. The number of hydrogen-bond donors (Lipinski definition) is 2. The molecule has 0 radical (unpaired) electrons. The van der Waals surface area contributed by atoms with Crippen molar-refractivity contribution in [3.05, 3.63) is 41.5 Å². The molecule has 0 bridgehead atoms. The van der Waals surface area contributed by atoms with Gasteiger partial charge in [0.1, 0.15) is 11.3 Å².